The highest BCUT2D eigenvalue weighted by molar-refractivity contribution is 5.94. The van der Waals surface area contributed by atoms with Gasteiger partial charge in [0, 0.05) is 11.9 Å². The Morgan fingerprint density at radius 1 is 1.25 bits per heavy atom. The predicted molar refractivity (Wildman–Crippen MR) is 64.0 cm³/mol. The first-order valence-corrected chi connectivity index (χ1v) is 5.56. The third-order valence-corrected chi connectivity index (χ3v) is 2.93. The minimum atomic E-state index is -4.71. The molecule has 0 spiro atoms. The lowest BCUT2D eigenvalue weighted by atomic mass is 10.1. The van der Waals surface area contributed by atoms with E-state index in [4.69, 9.17) is 5.73 Å². The number of hydrogen-bond acceptors (Lipinski definition) is 1. The zero-order valence-electron chi connectivity index (χ0n) is 10.3. The summed E-state index contributed by atoms with van der Waals surface area (Å²) in [5.41, 5.74) is 4.11. The summed E-state index contributed by atoms with van der Waals surface area (Å²) < 4.78 is 53.0. The average Bonchev–Trinajstić information content (AvgIpc) is 2.70. The lowest BCUT2D eigenvalue weighted by molar-refractivity contribution is -0.137. The number of alkyl halides is 3. The van der Waals surface area contributed by atoms with Crippen molar-refractivity contribution in [3.8, 4) is 5.69 Å². The van der Waals surface area contributed by atoms with E-state index in [-0.39, 0.29) is 16.9 Å². The van der Waals surface area contributed by atoms with Crippen molar-refractivity contribution in [3.05, 3.63) is 53.1 Å². The fourth-order valence-electron chi connectivity index (χ4n) is 1.98. The Balaban J connectivity index is 2.68. The van der Waals surface area contributed by atoms with Gasteiger partial charge >= 0.3 is 6.18 Å². The van der Waals surface area contributed by atoms with Crippen molar-refractivity contribution in [2.75, 3.05) is 0 Å². The molecule has 1 aromatic heterocycles. The molecule has 0 radical (unpaired) electrons. The lowest BCUT2D eigenvalue weighted by Gasteiger charge is -2.15. The van der Waals surface area contributed by atoms with Crippen LogP contribution in [0.5, 0.6) is 0 Å². The Kier molecular flexibility index (Phi) is 3.29. The number of rotatable bonds is 2. The SMILES string of the molecule is Cc1c(C(N)=O)ccn1-c1ccc(F)cc1C(F)(F)F. The summed E-state index contributed by atoms with van der Waals surface area (Å²) in [5, 5.41) is 0. The minimum Gasteiger partial charge on any atom is -0.366 e. The van der Waals surface area contributed by atoms with Crippen molar-refractivity contribution >= 4 is 5.91 Å². The van der Waals surface area contributed by atoms with Gasteiger partial charge in [-0.25, -0.2) is 4.39 Å². The molecule has 1 amide bonds. The molecule has 106 valence electrons. The Hall–Kier alpha value is -2.31. The molecule has 20 heavy (non-hydrogen) atoms. The third kappa shape index (κ3) is 2.38. The fourth-order valence-corrected chi connectivity index (χ4v) is 1.98. The van der Waals surface area contributed by atoms with Gasteiger partial charge in [0.15, 0.2) is 0 Å². The highest BCUT2D eigenvalue weighted by Crippen LogP contribution is 2.35. The number of carbonyl (C=O) groups excluding carboxylic acids is 1. The van der Waals surface area contributed by atoms with Gasteiger partial charge in [0.2, 0.25) is 0 Å². The van der Waals surface area contributed by atoms with Crippen LogP contribution in [-0.4, -0.2) is 10.5 Å². The number of carbonyl (C=O) groups is 1. The van der Waals surface area contributed by atoms with E-state index in [0.717, 1.165) is 16.7 Å². The summed E-state index contributed by atoms with van der Waals surface area (Å²) in [7, 11) is 0. The first-order valence-electron chi connectivity index (χ1n) is 5.56. The van der Waals surface area contributed by atoms with E-state index in [1.807, 2.05) is 0 Å². The zero-order chi connectivity index (χ0) is 15.1. The van der Waals surface area contributed by atoms with E-state index < -0.39 is 23.5 Å². The molecule has 3 nitrogen and oxygen atoms in total. The number of nitrogens with two attached hydrogens (primary N) is 1. The van der Waals surface area contributed by atoms with Crippen LogP contribution in [0.4, 0.5) is 17.6 Å². The summed E-state index contributed by atoms with van der Waals surface area (Å²) >= 11 is 0. The zero-order valence-corrected chi connectivity index (χ0v) is 10.3. The molecule has 1 heterocycles. The average molecular weight is 286 g/mol. The second kappa shape index (κ2) is 4.66. The van der Waals surface area contributed by atoms with Gasteiger partial charge in [0.25, 0.3) is 5.91 Å². The molecule has 0 saturated carbocycles. The second-order valence-electron chi connectivity index (χ2n) is 4.21. The number of primary amides is 1. The van der Waals surface area contributed by atoms with E-state index in [0.29, 0.717) is 6.07 Å². The summed E-state index contributed by atoms with van der Waals surface area (Å²) in [4.78, 5) is 11.1. The van der Waals surface area contributed by atoms with Crippen molar-refractivity contribution in [2.45, 2.75) is 13.1 Å². The van der Waals surface area contributed by atoms with Crippen LogP contribution in [0.2, 0.25) is 0 Å². The Morgan fingerprint density at radius 2 is 1.90 bits per heavy atom. The summed E-state index contributed by atoms with van der Waals surface area (Å²) in [6.45, 7) is 1.46. The smallest absolute Gasteiger partial charge is 0.366 e. The van der Waals surface area contributed by atoms with Gasteiger partial charge in [0.05, 0.1) is 16.8 Å². The van der Waals surface area contributed by atoms with Crippen LogP contribution in [0.15, 0.2) is 30.5 Å². The molecular formula is C13H10F4N2O. The van der Waals surface area contributed by atoms with Gasteiger partial charge in [-0.15, -0.1) is 0 Å². The topological polar surface area (TPSA) is 48.0 Å². The van der Waals surface area contributed by atoms with Gasteiger partial charge < -0.3 is 10.3 Å². The van der Waals surface area contributed by atoms with Gasteiger partial charge in [-0.2, -0.15) is 13.2 Å². The molecule has 0 unspecified atom stereocenters. The molecule has 1 aromatic carbocycles. The molecule has 0 aliphatic heterocycles. The van der Waals surface area contributed by atoms with Gasteiger partial charge in [0.1, 0.15) is 5.82 Å². The number of halogens is 4. The third-order valence-electron chi connectivity index (χ3n) is 2.93. The number of hydrogen-bond donors (Lipinski definition) is 1. The minimum absolute atomic E-state index is 0.113. The molecule has 0 aliphatic rings. The van der Waals surface area contributed by atoms with E-state index >= 15 is 0 Å². The van der Waals surface area contributed by atoms with E-state index in [1.165, 1.54) is 19.2 Å². The van der Waals surface area contributed by atoms with Crippen LogP contribution in [0, 0.1) is 12.7 Å². The Labute approximate surface area is 111 Å². The van der Waals surface area contributed by atoms with Crippen molar-refractivity contribution in [2.24, 2.45) is 5.73 Å². The van der Waals surface area contributed by atoms with Crippen molar-refractivity contribution in [3.63, 3.8) is 0 Å². The molecule has 0 atom stereocenters. The van der Waals surface area contributed by atoms with Crippen LogP contribution in [-0.2, 0) is 6.18 Å². The summed E-state index contributed by atoms with van der Waals surface area (Å²) in [5.74, 6) is -1.72. The Morgan fingerprint density at radius 3 is 2.40 bits per heavy atom. The number of amides is 1. The molecule has 2 N–H and O–H groups in total. The molecular weight excluding hydrogens is 276 g/mol. The molecule has 2 rings (SSSR count). The maximum Gasteiger partial charge on any atom is 0.418 e. The quantitative estimate of drug-likeness (QED) is 0.847. The lowest BCUT2D eigenvalue weighted by Crippen LogP contribution is -2.14. The van der Waals surface area contributed by atoms with Crippen LogP contribution < -0.4 is 5.73 Å². The van der Waals surface area contributed by atoms with Gasteiger partial charge in [-0.05, 0) is 31.2 Å². The first kappa shape index (κ1) is 14.1. The molecule has 0 bridgehead atoms. The Bertz CT molecular complexity index is 673. The highest BCUT2D eigenvalue weighted by atomic mass is 19.4. The number of benzene rings is 1. The van der Waals surface area contributed by atoms with E-state index in [9.17, 15) is 22.4 Å². The monoisotopic (exact) mass is 286 g/mol. The molecule has 0 fully saturated rings. The van der Waals surface area contributed by atoms with Crippen LogP contribution in [0.1, 0.15) is 21.6 Å². The maximum absolute atomic E-state index is 13.0. The predicted octanol–water partition coefficient (Wildman–Crippen LogP) is 3.04. The highest BCUT2D eigenvalue weighted by Gasteiger charge is 2.34. The first-order chi connectivity index (χ1) is 9.21. The maximum atomic E-state index is 13.0. The van der Waals surface area contributed by atoms with Crippen molar-refractivity contribution in [1.82, 2.24) is 4.57 Å². The van der Waals surface area contributed by atoms with Gasteiger partial charge in [-0.3, -0.25) is 4.79 Å². The molecule has 0 aliphatic carbocycles. The summed E-state index contributed by atoms with van der Waals surface area (Å²) in [6, 6.07) is 3.67. The normalized spacial score (nSPS) is 11.7. The van der Waals surface area contributed by atoms with Crippen LogP contribution >= 0.6 is 0 Å². The number of aromatic nitrogens is 1. The van der Waals surface area contributed by atoms with Crippen LogP contribution in [0.3, 0.4) is 0 Å². The second-order valence-corrected chi connectivity index (χ2v) is 4.21. The standard InChI is InChI=1S/C13H10F4N2O/c1-7-9(12(18)20)4-5-19(7)11-3-2-8(14)6-10(11)13(15,16)17/h2-6H,1H3,(H2,18,20). The molecule has 7 heteroatoms. The summed E-state index contributed by atoms with van der Waals surface area (Å²) in [6.07, 6.45) is -3.42. The molecule has 2 aromatic rings. The number of nitrogens with zero attached hydrogens (tertiary/aromatic N) is 1. The van der Waals surface area contributed by atoms with E-state index in [2.05, 4.69) is 0 Å². The largest absolute Gasteiger partial charge is 0.418 e. The fraction of sp³-hybridized carbons (Fsp3) is 0.154. The van der Waals surface area contributed by atoms with E-state index in [1.54, 1.807) is 0 Å². The van der Waals surface area contributed by atoms with Crippen LogP contribution in [0.25, 0.3) is 5.69 Å². The van der Waals surface area contributed by atoms with Crippen molar-refractivity contribution in [1.29, 1.82) is 0 Å². The van der Waals surface area contributed by atoms with Crippen molar-refractivity contribution < 1.29 is 22.4 Å². The van der Waals surface area contributed by atoms with Gasteiger partial charge in [-0.1, -0.05) is 0 Å². The molecule has 0 saturated heterocycles.